The van der Waals surface area contributed by atoms with Gasteiger partial charge in [0.2, 0.25) is 0 Å². The van der Waals surface area contributed by atoms with Gasteiger partial charge in [-0.3, -0.25) is 9.48 Å². The zero-order valence-corrected chi connectivity index (χ0v) is 22.9. The summed E-state index contributed by atoms with van der Waals surface area (Å²) in [6.07, 6.45) is -3.46. The van der Waals surface area contributed by atoms with Crippen molar-refractivity contribution in [3.63, 3.8) is 0 Å². The molecule has 0 atom stereocenters. The molecule has 214 valence electrons. The molecule has 4 N–H and O–H groups in total. The Hall–Kier alpha value is -4.49. The fraction of sp³-hybridized carbons (Fsp3) is 0.214. The Labute approximate surface area is 237 Å². The van der Waals surface area contributed by atoms with Gasteiger partial charge in [0.15, 0.2) is 0 Å². The molecule has 0 unspecified atom stereocenters. The Morgan fingerprint density at radius 3 is 2.37 bits per heavy atom. The molecule has 3 aromatic heterocycles. The summed E-state index contributed by atoms with van der Waals surface area (Å²) in [6.45, 7) is 4.08. The van der Waals surface area contributed by atoms with Crippen LogP contribution >= 0.6 is 11.3 Å². The van der Waals surface area contributed by atoms with Crippen molar-refractivity contribution in [1.82, 2.24) is 30.4 Å². The van der Waals surface area contributed by atoms with Gasteiger partial charge in [-0.05, 0) is 47.9 Å². The zero-order valence-electron chi connectivity index (χ0n) is 22.1. The molecular weight excluding hydrogens is 557 g/mol. The number of nitrogens with zero attached hydrogens (tertiary/aromatic N) is 3. The molecule has 13 heteroatoms. The van der Waals surface area contributed by atoms with Crippen molar-refractivity contribution in [1.29, 1.82) is 0 Å². The first kappa shape index (κ1) is 29.5. The minimum Gasteiger partial charge on any atom is -0.475 e. The Morgan fingerprint density at radius 2 is 1.73 bits per heavy atom. The summed E-state index contributed by atoms with van der Waals surface area (Å²) in [5, 5.41) is 17.4. The topological polar surface area (TPSA) is 125 Å². The number of rotatable bonds is 8. The highest BCUT2D eigenvalue weighted by atomic mass is 32.1. The first-order chi connectivity index (χ1) is 19.5. The SMILES string of the molecule is Cc1cccc2[nH]c(-c3ccc(-c4ccc(CNCCNC(=O)c5ccnn5C)cc4)s3)nc12.O=C(O)C(F)(F)F. The molecule has 2 aromatic carbocycles. The summed E-state index contributed by atoms with van der Waals surface area (Å²) in [6, 6.07) is 20.8. The Kier molecular flexibility index (Phi) is 9.20. The van der Waals surface area contributed by atoms with E-state index in [-0.39, 0.29) is 5.91 Å². The lowest BCUT2D eigenvalue weighted by Gasteiger charge is -2.08. The number of aromatic amines is 1. The van der Waals surface area contributed by atoms with E-state index in [4.69, 9.17) is 14.9 Å². The number of H-pyrrole nitrogens is 1. The highest BCUT2D eigenvalue weighted by molar-refractivity contribution is 7.18. The van der Waals surface area contributed by atoms with Crippen LogP contribution < -0.4 is 10.6 Å². The largest absolute Gasteiger partial charge is 0.490 e. The van der Waals surface area contributed by atoms with Crippen LogP contribution in [0.1, 0.15) is 21.6 Å². The maximum absolute atomic E-state index is 12.1. The molecule has 0 aliphatic heterocycles. The van der Waals surface area contributed by atoms with Crippen molar-refractivity contribution in [3.8, 4) is 21.1 Å². The summed E-state index contributed by atoms with van der Waals surface area (Å²) < 4.78 is 33.3. The summed E-state index contributed by atoms with van der Waals surface area (Å²) >= 11 is 1.74. The van der Waals surface area contributed by atoms with Gasteiger partial charge in [-0.2, -0.15) is 18.3 Å². The molecule has 9 nitrogen and oxygen atoms in total. The molecule has 0 radical (unpaired) electrons. The first-order valence-corrected chi connectivity index (χ1v) is 13.3. The van der Waals surface area contributed by atoms with Crippen molar-refractivity contribution in [2.75, 3.05) is 13.1 Å². The lowest BCUT2D eigenvalue weighted by atomic mass is 10.1. The number of amides is 1. The van der Waals surface area contributed by atoms with Crippen LogP contribution in [0.15, 0.2) is 66.9 Å². The molecular formula is C28H27F3N6O3S. The third-order valence-electron chi connectivity index (χ3n) is 6.00. The van der Waals surface area contributed by atoms with Crippen molar-refractivity contribution in [2.45, 2.75) is 19.6 Å². The quantitative estimate of drug-likeness (QED) is 0.187. The number of imidazole rings is 1. The lowest BCUT2D eigenvalue weighted by Crippen LogP contribution is -2.32. The van der Waals surface area contributed by atoms with E-state index in [2.05, 4.69) is 76.2 Å². The Bertz CT molecular complexity index is 1640. The number of carboxylic acid groups (broad SMARTS) is 1. The lowest BCUT2D eigenvalue weighted by molar-refractivity contribution is -0.192. The number of halogens is 3. The molecule has 0 aliphatic rings. The number of hydrogen-bond donors (Lipinski definition) is 4. The van der Waals surface area contributed by atoms with E-state index in [1.807, 2.05) is 6.07 Å². The van der Waals surface area contributed by atoms with Crippen LogP contribution in [0.2, 0.25) is 0 Å². The number of fused-ring (bicyclic) bond motifs is 1. The molecule has 0 spiro atoms. The summed E-state index contributed by atoms with van der Waals surface area (Å²) in [7, 11) is 1.76. The molecule has 0 bridgehead atoms. The second kappa shape index (κ2) is 12.8. The number of aryl methyl sites for hydroxylation is 2. The van der Waals surface area contributed by atoms with Crippen LogP contribution in [0, 0.1) is 6.92 Å². The molecule has 0 aliphatic carbocycles. The minimum atomic E-state index is -5.08. The number of aliphatic carboxylic acids is 1. The molecule has 1 amide bonds. The number of nitrogens with one attached hydrogen (secondary N) is 3. The van der Waals surface area contributed by atoms with Gasteiger partial charge >= 0.3 is 12.1 Å². The highest BCUT2D eigenvalue weighted by Crippen LogP contribution is 2.34. The van der Waals surface area contributed by atoms with Crippen molar-refractivity contribution >= 4 is 34.2 Å². The van der Waals surface area contributed by atoms with Crippen LogP contribution in [-0.4, -0.2) is 56.0 Å². The number of aromatic nitrogens is 4. The third kappa shape index (κ3) is 7.58. The molecule has 0 saturated heterocycles. The second-order valence-corrected chi connectivity index (χ2v) is 10.1. The maximum Gasteiger partial charge on any atom is 0.490 e. The number of carbonyl (C=O) groups excluding carboxylic acids is 1. The smallest absolute Gasteiger partial charge is 0.475 e. The van der Waals surface area contributed by atoms with Gasteiger partial charge in [-0.15, -0.1) is 11.3 Å². The zero-order chi connectivity index (χ0) is 29.6. The van der Waals surface area contributed by atoms with E-state index in [0.717, 1.165) is 28.3 Å². The number of alkyl halides is 3. The van der Waals surface area contributed by atoms with E-state index in [1.54, 1.807) is 35.3 Å². The third-order valence-corrected chi connectivity index (χ3v) is 7.15. The van der Waals surface area contributed by atoms with Gasteiger partial charge in [0.25, 0.3) is 5.91 Å². The predicted octanol–water partition coefficient (Wildman–Crippen LogP) is 5.15. The predicted molar refractivity (Wildman–Crippen MR) is 151 cm³/mol. The van der Waals surface area contributed by atoms with Crippen LogP contribution in [0.4, 0.5) is 13.2 Å². The van der Waals surface area contributed by atoms with Crippen molar-refractivity contribution in [2.24, 2.45) is 7.05 Å². The Morgan fingerprint density at radius 1 is 1.02 bits per heavy atom. The molecule has 5 aromatic rings. The Balaban J connectivity index is 0.000000493. The molecule has 0 saturated carbocycles. The second-order valence-electron chi connectivity index (χ2n) is 8.99. The monoisotopic (exact) mass is 584 g/mol. The normalized spacial score (nSPS) is 11.2. The number of hydrogen-bond acceptors (Lipinski definition) is 6. The van der Waals surface area contributed by atoms with E-state index in [9.17, 15) is 18.0 Å². The minimum absolute atomic E-state index is 0.112. The number of para-hydroxylation sites is 1. The molecule has 0 fully saturated rings. The van der Waals surface area contributed by atoms with Gasteiger partial charge < -0.3 is 20.7 Å². The fourth-order valence-electron chi connectivity index (χ4n) is 3.88. The standard InChI is InChI=1S/C26H26N6OS.C2HF3O2/c1-17-4-3-5-20-24(17)31-25(30-20)23-11-10-22(34-23)19-8-6-18(7-9-19)16-27-14-15-28-26(33)21-12-13-29-32(21)2;3-2(4,5)1(6)7/h3-13,27H,14-16H2,1-2H3,(H,28,33)(H,30,31);(H,6,7). The number of carbonyl (C=O) groups is 2. The molecule has 3 heterocycles. The average Bonchev–Trinajstić information content (AvgIpc) is 3.68. The van der Waals surface area contributed by atoms with E-state index in [0.29, 0.717) is 18.8 Å². The van der Waals surface area contributed by atoms with Gasteiger partial charge in [0, 0.05) is 37.8 Å². The summed E-state index contributed by atoms with van der Waals surface area (Å²) in [4.78, 5) is 31.6. The van der Waals surface area contributed by atoms with Crippen LogP contribution in [0.25, 0.3) is 32.2 Å². The summed E-state index contributed by atoms with van der Waals surface area (Å²) in [5.41, 5.74) is 6.22. The van der Waals surface area contributed by atoms with Gasteiger partial charge in [0.05, 0.1) is 15.9 Å². The fourth-order valence-corrected chi connectivity index (χ4v) is 4.84. The highest BCUT2D eigenvalue weighted by Gasteiger charge is 2.38. The van der Waals surface area contributed by atoms with Crippen molar-refractivity contribution < 1.29 is 27.9 Å². The molecule has 41 heavy (non-hydrogen) atoms. The van der Waals surface area contributed by atoms with E-state index < -0.39 is 12.1 Å². The number of thiophene rings is 1. The average molecular weight is 585 g/mol. The molecule has 5 rings (SSSR count). The maximum atomic E-state index is 12.1. The number of benzene rings is 2. The number of carboxylic acids is 1. The van der Waals surface area contributed by atoms with Gasteiger partial charge in [-0.1, -0.05) is 36.4 Å². The van der Waals surface area contributed by atoms with E-state index in [1.165, 1.54) is 21.6 Å². The first-order valence-electron chi connectivity index (χ1n) is 12.4. The van der Waals surface area contributed by atoms with Crippen LogP contribution in [0.3, 0.4) is 0 Å². The van der Waals surface area contributed by atoms with Gasteiger partial charge in [-0.25, -0.2) is 9.78 Å². The van der Waals surface area contributed by atoms with E-state index >= 15 is 0 Å². The van der Waals surface area contributed by atoms with Crippen molar-refractivity contribution in [3.05, 3.63) is 83.7 Å². The van der Waals surface area contributed by atoms with Crippen LogP contribution in [-0.2, 0) is 18.4 Å². The van der Waals surface area contributed by atoms with Crippen LogP contribution in [0.5, 0.6) is 0 Å². The van der Waals surface area contributed by atoms with Gasteiger partial charge in [0.1, 0.15) is 11.5 Å². The summed E-state index contributed by atoms with van der Waals surface area (Å²) in [5.74, 6) is -1.95.